The van der Waals surface area contributed by atoms with Crippen molar-refractivity contribution in [3.8, 4) is 0 Å². The van der Waals surface area contributed by atoms with Gasteiger partial charge in [0.1, 0.15) is 5.60 Å². The van der Waals surface area contributed by atoms with Gasteiger partial charge >= 0.3 is 6.16 Å². The molecular formula is C21H24O5. The second kappa shape index (κ2) is 9.15. The minimum atomic E-state index is -0.844. The highest BCUT2D eigenvalue weighted by atomic mass is 17.2. The van der Waals surface area contributed by atoms with Crippen LogP contribution in [0.25, 0.3) is 0 Å². The molecule has 0 N–H and O–H groups in total. The highest BCUT2D eigenvalue weighted by Gasteiger charge is 2.16. The molecular weight excluding hydrogens is 332 g/mol. The second-order valence-electron chi connectivity index (χ2n) is 6.87. The van der Waals surface area contributed by atoms with Crippen LogP contribution in [0, 0.1) is 0 Å². The molecule has 0 unspecified atom stereocenters. The van der Waals surface area contributed by atoms with Gasteiger partial charge in [-0.2, -0.15) is 4.89 Å². The van der Waals surface area contributed by atoms with Gasteiger partial charge < -0.3 is 4.74 Å². The van der Waals surface area contributed by atoms with E-state index in [9.17, 15) is 9.59 Å². The molecule has 2 aromatic carbocycles. The molecule has 0 aliphatic heterocycles. The minimum absolute atomic E-state index is 0.00192. The van der Waals surface area contributed by atoms with Crippen LogP contribution >= 0.6 is 0 Å². The third-order valence-electron chi connectivity index (χ3n) is 3.44. The summed E-state index contributed by atoms with van der Waals surface area (Å²) in [4.78, 5) is 33.1. The van der Waals surface area contributed by atoms with Gasteiger partial charge in [0.05, 0.1) is 6.61 Å². The quantitative estimate of drug-likeness (QED) is 0.236. The van der Waals surface area contributed by atoms with E-state index in [1.165, 1.54) is 0 Å². The molecule has 0 aliphatic carbocycles. The van der Waals surface area contributed by atoms with Crippen LogP contribution in [0.2, 0.25) is 0 Å². The van der Waals surface area contributed by atoms with Crippen LogP contribution in [-0.2, 0) is 20.9 Å². The summed E-state index contributed by atoms with van der Waals surface area (Å²) in [7, 11) is 0. The normalized spacial score (nSPS) is 11.0. The van der Waals surface area contributed by atoms with E-state index in [0.717, 1.165) is 12.0 Å². The van der Waals surface area contributed by atoms with E-state index >= 15 is 0 Å². The first-order valence-electron chi connectivity index (χ1n) is 8.56. The zero-order valence-corrected chi connectivity index (χ0v) is 15.4. The number of ketones is 1. The molecule has 0 saturated carbocycles. The molecule has 5 nitrogen and oxygen atoms in total. The van der Waals surface area contributed by atoms with Crippen LogP contribution in [0.15, 0.2) is 54.6 Å². The first-order valence-corrected chi connectivity index (χ1v) is 8.56. The van der Waals surface area contributed by atoms with Gasteiger partial charge in [0, 0.05) is 11.1 Å². The van der Waals surface area contributed by atoms with Crippen LogP contribution in [0.3, 0.4) is 0 Å². The second-order valence-corrected chi connectivity index (χ2v) is 6.87. The maximum atomic E-state index is 12.3. The smallest absolute Gasteiger partial charge is 0.432 e. The van der Waals surface area contributed by atoms with Gasteiger partial charge in [0.15, 0.2) is 5.78 Å². The lowest BCUT2D eigenvalue weighted by Gasteiger charge is -2.16. The molecule has 138 valence electrons. The summed E-state index contributed by atoms with van der Waals surface area (Å²) < 4.78 is 4.94. The van der Waals surface area contributed by atoms with Crippen molar-refractivity contribution in [2.24, 2.45) is 0 Å². The molecule has 0 aromatic heterocycles. The molecule has 0 fully saturated rings. The maximum absolute atomic E-state index is 12.3. The Kier molecular flexibility index (Phi) is 6.92. The van der Waals surface area contributed by atoms with Gasteiger partial charge in [-0.05, 0) is 39.2 Å². The Morgan fingerprint density at radius 3 is 2.12 bits per heavy atom. The van der Waals surface area contributed by atoms with Crippen molar-refractivity contribution < 1.29 is 24.1 Å². The Labute approximate surface area is 153 Å². The third-order valence-corrected chi connectivity index (χ3v) is 3.44. The fourth-order valence-corrected chi connectivity index (χ4v) is 2.19. The Bertz CT molecular complexity index is 714. The maximum Gasteiger partial charge on any atom is 0.540 e. The van der Waals surface area contributed by atoms with Crippen molar-refractivity contribution in [3.05, 3.63) is 71.3 Å². The van der Waals surface area contributed by atoms with E-state index in [1.807, 2.05) is 42.5 Å². The van der Waals surface area contributed by atoms with Gasteiger partial charge in [0.2, 0.25) is 0 Å². The molecule has 2 rings (SSSR count). The highest BCUT2D eigenvalue weighted by molar-refractivity contribution is 6.08. The number of carbonyl (C=O) groups excluding carboxylic acids is 2. The Morgan fingerprint density at radius 1 is 0.885 bits per heavy atom. The van der Waals surface area contributed by atoms with Gasteiger partial charge in [-0.1, -0.05) is 54.6 Å². The number of carbonyl (C=O) groups is 2. The molecule has 0 spiro atoms. The molecule has 26 heavy (non-hydrogen) atoms. The summed E-state index contributed by atoms with van der Waals surface area (Å²) in [6.45, 7) is 5.54. The topological polar surface area (TPSA) is 61.8 Å². The van der Waals surface area contributed by atoms with Crippen LogP contribution in [0.1, 0.15) is 48.7 Å². The lowest BCUT2D eigenvalue weighted by atomic mass is 10.0. The predicted molar refractivity (Wildman–Crippen MR) is 97.9 cm³/mol. The fraction of sp³-hybridized carbons (Fsp3) is 0.333. The number of benzene rings is 2. The lowest BCUT2D eigenvalue weighted by Crippen LogP contribution is -2.22. The summed E-state index contributed by atoms with van der Waals surface area (Å²) in [6.07, 6.45) is 0.535. The van der Waals surface area contributed by atoms with Crippen molar-refractivity contribution in [2.45, 2.75) is 39.2 Å². The zero-order chi connectivity index (χ0) is 19.0. The van der Waals surface area contributed by atoms with Gasteiger partial charge in [-0.15, -0.1) is 0 Å². The highest BCUT2D eigenvalue weighted by Crippen LogP contribution is 2.12. The van der Waals surface area contributed by atoms with Crippen molar-refractivity contribution in [3.63, 3.8) is 0 Å². The van der Waals surface area contributed by atoms with Crippen molar-refractivity contribution in [1.82, 2.24) is 0 Å². The molecule has 0 saturated heterocycles. The van der Waals surface area contributed by atoms with E-state index in [0.29, 0.717) is 17.5 Å². The summed E-state index contributed by atoms with van der Waals surface area (Å²) in [5.74, 6) is 0.00192. The molecule has 0 amide bonds. The zero-order valence-electron chi connectivity index (χ0n) is 15.4. The van der Waals surface area contributed by atoms with Gasteiger partial charge in [-0.25, -0.2) is 4.79 Å². The average molecular weight is 356 g/mol. The Morgan fingerprint density at radius 2 is 1.50 bits per heavy atom. The van der Waals surface area contributed by atoms with Crippen LogP contribution in [0.4, 0.5) is 4.79 Å². The predicted octanol–water partition coefficient (Wildman–Crippen LogP) is 4.73. The van der Waals surface area contributed by atoms with Crippen LogP contribution < -0.4 is 0 Å². The van der Waals surface area contributed by atoms with E-state index in [4.69, 9.17) is 9.62 Å². The minimum Gasteiger partial charge on any atom is -0.432 e. The summed E-state index contributed by atoms with van der Waals surface area (Å²) in [6, 6.07) is 16.6. The van der Waals surface area contributed by atoms with Gasteiger partial charge in [-0.3, -0.25) is 9.68 Å². The Hall–Kier alpha value is -2.66. The number of hydrogen-bond donors (Lipinski definition) is 0. The summed E-state index contributed by atoms with van der Waals surface area (Å²) in [5, 5.41) is 0. The molecule has 0 bridgehead atoms. The number of rotatable bonds is 7. The molecule has 5 heteroatoms. The number of ether oxygens (including phenoxy) is 1. The largest absolute Gasteiger partial charge is 0.540 e. The molecule has 0 atom stereocenters. The molecule has 0 radical (unpaired) electrons. The molecule has 0 heterocycles. The van der Waals surface area contributed by atoms with E-state index in [1.54, 1.807) is 32.9 Å². The van der Waals surface area contributed by atoms with Crippen molar-refractivity contribution in [2.75, 3.05) is 6.61 Å². The average Bonchev–Trinajstić information content (AvgIpc) is 2.63. The van der Waals surface area contributed by atoms with E-state index < -0.39 is 11.8 Å². The first-order chi connectivity index (χ1) is 12.3. The summed E-state index contributed by atoms with van der Waals surface area (Å²) in [5.41, 5.74) is 1.82. The first kappa shape index (κ1) is 19.7. The monoisotopic (exact) mass is 356 g/mol. The van der Waals surface area contributed by atoms with E-state index in [2.05, 4.69) is 4.89 Å². The number of aryl methyl sites for hydroxylation is 1. The summed E-state index contributed by atoms with van der Waals surface area (Å²) >= 11 is 0. The SMILES string of the molecule is CC(C)(C)OOC(=O)OCCCc1ccc(C(=O)c2ccccc2)cc1. The number of hydrogen-bond acceptors (Lipinski definition) is 5. The molecule has 2 aromatic rings. The molecule has 0 aliphatic rings. The van der Waals surface area contributed by atoms with Crippen LogP contribution in [0.5, 0.6) is 0 Å². The van der Waals surface area contributed by atoms with Gasteiger partial charge in [0.25, 0.3) is 0 Å². The van der Waals surface area contributed by atoms with Crippen molar-refractivity contribution in [1.29, 1.82) is 0 Å². The van der Waals surface area contributed by atoms with Crippen LogP contribution in [-0.4, -0.2) is 24.1 Å². The third kappa shape index (κ3) is 6.69. The lowest BCUT2D eigenvalue weighted by molar-refractivity contribution is -0.312. The standard InChI is InChI=1S/C21H24O5/c1-21(2,3)26-25-20(23)24-15-7-8-16-11-13-18(14-12-16)19(22)17-9-5-4-6-10-17/h4-6,9-14H,7-8,15H2,1-3H3. The van der Waals surface area contributed by atoms with Crippen molar-refractivity contribution >= 4 is 11.9 Å². The van der Waals surface area contributed by atoms with E-state index in [-0.39, 0.29) is 12.4 Å². The Balaban J connectivity index is 1.74. The fourth-order valence-electron chi connectivity index (χ4n) is 2.19.